The number of amides is 2. The molecule has 0 fully saturated rings. The highest BCUT2D eigenvalue weighted by Gasteiger charge is 2.02. The van der Waals surface area contributed by atoms with E-state index in [1.807, 2.05) is 13.8 Å². The molecular formula is C12H24N2O4. The summed E-state index contributed by atoms with van der Waals surface area (Å²) in [6.07, 6.45) is 0.528. The van der Waals surface area contributed by atoms with Crippen LogP contribution in [0.15, 0.2) is 0 Å². The molecule has 0 rings (SSSR count). The van der Waals surface area contributed by atoms with Crippen LogP contribution < -0.4 is 10.6 Å². The van der Waals surface area contributed by atoms with Crippen LogP contribution >= 0.6 is 0 Å². The highest BCUT2D eigenvalue weighted by Crippen LogP contribution is 1.86. The average molecular weight is 260 g/mol. The minimum atomic E-state index is -0.147. The summed E-state index contributed by atoms with van der Waals surface area (Å²) in [6.45, 7) is 7.44. The van der Waals surface area contributed by atoms with Crippen LogP contribution in [0.5, 0.6) is 0 Å². The fourth-order valence-electron chi connectivity index (χ4n) is 1.05. The minimum Gasteiger partial charge on any atom is -0.378 e. The number of hydrogen-bond acceptors (Lipinski definition) is 4. The number of carbonyl (C=O) groups is 2. The fourth-order valence-corrected chi connectivity index (χ4v) is 1.05. The van der Waals surface area contributed by atoms with E-state index in [2.05, 4.69) is 10.6 Å². The summed E-state index contributed by atoms with van der Waals surface area (Å²) < 4.78 is 10.4. The number of nitrogens with one attached hydrogen (secondary N) is 2. The third-order valence-electron chi connectivity index (χ3n) is 2.01. The van der Waals surface area contributed by atoms with E-state index in [0.29, 0.717) is 32.7 Å². The van der Waals surface area contributed by atoms with Gasteiger partial charge in [-0.15, -0.1) is 0 Å². The van der Waals surface area contributed by atoms with Crippen molar-refractivity contribution in [1.29, 1.82) is 0 Å². The topological polar surface area (TPSA) is 76.7 Å². The Labute approximate surface area is 108 Å². The zero-order chi connectivity index (χ0) is 13.8. The smallest absolute Gasteiger partial charge is 0.246 e. The molecule has 0 aromatic rings. The zero-order valence-electron chi connectivity index (χ0n) is 11.5. The molecule has 6 nitrogen and oxygen atoms in total. The van der Waals surface area contributed by atoms with Gasteiger partial charge in [-0.05, 0) is 13.8 Å². The predicted octanol–water partition coefficient (Wildman–Crippen LogP) is 0.0704. The summed E-state index contributed by atoms with van der Waals surface area (Å²) in [7, 11) is 0. The average Bonchev–Trinajstić information content (AvgIpc) is 2.34. The lowest BCUT2D eigenvalue weighted by atomic mass is 10.4. The van der Waals surface area contributed by atoms with Crippen molar-refractivity contribution in [3.63, 3.8) is 0 Å². The molecule has 2 amide bonds. The van der Waals surface area contributed by atoms with E-state index in [9.17, 15) is 9.59 Å². The van der Waals surface area contributed by atoms with Crippen molar-refractivity contribution in [2.24, 2.45) is 0 Å². The van der Waals surface area contributed by atoms with Crippen LogP contribution in [0.2, 0.25) is 0 Å². The first-order chi connectivity index (χ1) is 8.56. The molecule has 0 heterocycles. The Morgan fingerprint density at radius 3 is 2.11 bits per heavy atom. The lowest BCUT2D eigenvalue weighted by molar-refractivity contribution is -0.127. The molecule has 0 aliphatic heterocycles. The molecule has 6 heteroatoms. The molecule has 18 heavy (non-hydrogen) atoms. The number of rotatable bonds is 10. The lowest BCUT2D eigenvalue weighted by Crippen LogP contribution is -2.32. The van der Waals surface area contributed by atoms with Gasteiger partial charge < -0.3 is 20.1 Å². The first-order valence-corrected chi connectivity index (χ1v) is 6.29. The van der Waals surface area contributed by atoms with E-state index in [-0.39, 0.29) is 24.5 Å². The molecular weight excluding hydrogens is 236 g/mol. The van der Waals surface area contributed by atoms with Gasteiger partial charge in [-0.2, -0.15) is 0 Å². The first-order valence-electron chi connectivity index (χ1n) is 6.29. The molecule has 0 unspecified atom stereocenters. The Kier molecular flexibility index (Phi) is 10.3. The molecule has 0 atom stereocenters. The summed E-state index contributed by atoms with van der Waals surface area (Å²) in [5, 5.41) is 5.37. The van der Waals surface area contributed by atoms with Gasteiger partial charge in [-0.1, -0.05) is 6.92 Å². The first kappa shape index (κ1) is 16.9. The van der Waals surface area contributed by atoms with Gasteiger partial charge in [0.05, 0.1) is 19.3 Å². The van der Waals surface area contributed by atoms with Crippen LogP contribution in [0, 0.1) is 0 Å². The van der Waals surface area contributed by atoms with Gasteiger partial charge in [0, 0.05) is 19.5 Å². The molecule has 0 aliphatic carbocycles. The van der Waals surface area contributed by atoms with E-state index in [4.69, 9.17) is 9.47 Å². The van der Waals surface area contributed by atoms with Gasteiger partial charge in [0.2, 0.25) is 11.8 Å². The van der Waals surface area contributed by atoms with E-state index >= 15 is 0 Å². The van der Waals surface area contributed by atoms with E-state index in [0.717, 1.165) is 0 Å². The van der Waals surface area contributed by atoms with Crippen LogP contribution in [0.3, 0.4) is 0 Å². The monoisotopic (exact) mass is 260 g/mol. The quantitative estimate of drug-likeness (QED) is 0.545. The van der Waals surface area contributed by atoms with E-state index in [1.54, 1.807) is 6.92 Å². The van der Waals surface area contributed by atoms with Crippen LogP contribution in [0.1, 0.15) is 27.2 Å². The minimum absolute atomic E-state index is 0.0118. The van der Waals surface area contributed by atoms with E-state index < -0.39 is 0 Å². The molecule has 0 aliphatic rings. The molecule has 2 N–H and O–H groups in total. The van der Waals surface area contributed by atoms with Crippen molar-refractivity contribution in [2.45, 2.75) is 33.3 Å². The lowest BCUT2D eigenvalue weighted by Gasteiger charge is -2.09. The van der Waals surface area contributed by atoms with Gasteiger partial charge >= 0.3 is 0 Å². The van der Waals surface area contributed by atoms with Crippen LogP contribution in [0.4, 0.5) is 0 Å². The zero-order valence-corrected chi connectivity index (χ0v) is 11.5. The second kappa shape index (κ2) is 11.0. The molecule has 0 saturated carbocycles. The Hall–Kier alpha value is -1.14. The summed E-state index contributed by atoms with van der Waals surface area (Å²) in [5.74, 6) is -0.135. The summed E-state index contributed by atoms with van der Waals surface area (Å²) in [6, 6.07) is 0. The Morgan fingerprint density at radius 1 is 1.06 bits per heavy atom. The Balaban J connectivity index is 3.25. The normalized spacial score (nSPS) is 10.4. The maximum atomic E-state index is 11.2. The van der Waals surface area contributed by atoms with Gasteiger partial charge in [0.15, 0.2) is 0 Å². The van der Waals surface area contributed by atoms with Crippen molar-refractivity contribution in [3.05, 3.63) is 0 Å². The number of carbonyl (C=O) groups excluding carboxylic acids is 2. The highest BCUT2D eigenvalue weighted by molar-refractivity contribution is 5.77. The predicted molar refractivity (Wildman–Crippen MR) is 68.2 cm³/mol. The molecule has 0 aromatic carbocycles. The van der Waals surface area contributed by atoms with Gasteiger partial charge in [-0.25, -0.2) is 0 Å². The molecule has 0 saturated heterocycles. The van der Waals surface area contributed by atoms with Crippen molar-refractivity contribution in [3.8, 4) is 0 Å². The summed E-state index contributed by atoms with van der Waals surface area (Å²) in [4.78, 5) is 22.1. The largest absolute Gasteiger partial charge is 0.378 e. The summed E-state index contributed by atoms with van der Waals surface area (Å²) in [5.41, 5.74) is 0. The third kappa shape index (κ3) is 11.3. The van der Waals surface area contributed by atoms with Crippen molar-refractivity contribution < 1.29 is 19.1 Å². The van der Waals surface area contributed by atoms with Gasteiger partial charge in [-0.3, -0.25) is 9.59 Å². The molecule has 0 bridgehead atoms. The van der Waals surface area contributed by atoms with E-state index in [1.165, 1.54) is 0 Å². The molecule has 0 aromatic heterocycles. The maximum absolute atomic E-state index is 11.2. The summed E-state index contributed by atoms with van der Waals surface area (Å²) >= 11 is 0. The molecule has 0 spiro atoms. The maximum Gasteiger partial charge on any atom is 0.246 e. The number of ether oxygens (including phenoxy) is 2. The third-order valence-corrected chi connectivity index (χ3v) is 2.01. The SMILES string of the molecule is CCC(=O)NCCOCCNC(=O)COC(C)C. The highest BCUT2D eigenvalue weighted by atomic mass is 16.5. The van der Waals surface area contributed by atoms with Crippen LogP contribution in [-0.4, -0.2) is 50.8 Å². The van der Waals surface area contributed by atoms with Crippen LogP contribution in [0.25, 0.3) is 0 Å². The fraction of sp³-hybridized carbons (Fsp3) is 0.833. The van der Waals surface area contributed by atoms with Crippen LogP contribution in [-0.2, 0) is 19.1 Å². The van der Waals surface area contributed by atoms with Crippen molar-refractivity contribution in [1.82, 2.24) is 10.6 Å². The molecule has 0 radical (unpaired) electrons. The van der Waals surface area contributed by atoms with Crippen molar-refractivity contribution in [2.75, 3.05) is 32.9 Å². The standard InChI is InChI=1S/C12H24N2O4/c1-4-11(15)13-5-7-17-8-6-14-12(16)9-18-10(2)3/h10H,4-9H2,1-3H3,(H,13,15)(H,14,16). The Bertz CT molecular complexity index is 244. The Morgan fingerprint density at radius 2 is 1.61 bits per heavy atom. The second-order valence-corrected chi connectivity index (χ2v) is 4.03. The second-order valence-electron chi connectivity index (χ2n) is 4.03. The molecule has 106 valence electrons. The van der Waals surface area contributed by atoms with Gasteiger partial charge in [0.25, 0.3) is 0 Å². The van der Waals surface area contributed by atoms with Gasteiger partial charge in [0.1, 0.15) is 6.61 Å². The number of hydrogen-bond donors (Lipinski definition) is 2. The van der Waals surface area contributed by atoms with Crippen molar-refractivity contribution >= 4 is 11.8 Å².